The van der Waals surface area contributed by atoms with Crippen molar-refractivity contribution in [1.29, 1.82) is 0 Å². The van der Waals surface area contributed by atoms with Gasteiger partial charge in [0.15, 0.2) is 5.84 Å². The Kier molecular flexibility index (Phi) is 5.58. The van der Waals surface area contributed by atoms with E-state index < -0.39 is 11.7 Å². The second-order valence-corrected chi connectivity index (χ2v) is 6.76. The molecule has 3 aromatic rings. The van der Waals surface area contributed by atoms with Gasteiger partial charge in [-0.1, -0.05) is 37.3 Å². The summed E-state index contributed by atoms with van der Waals surface area (Å²) in [7, 11) is 0. The maximum Gasteiger partial charge on any atom is 0.305 e. The molecule has 2 heterocycles. The van der Waals surface area contributed by atoms with Crippen molar-refractivity contribution in [3.8, 4) is 11.3 Å². The molecule has 0 radical (unpaired) electrons. The van der Waals surface area contributed by atoms with E-state index in [1.165, 1.54) is 4.68 Å². The van der Waals surface area contributed by atoms with Crippen molar-refractivity contribution in [2.75, 3.05) is 0 Å². The van der Waals surface area contributed by atoms with Crippen LogP contribution in [-0.2, 0) is 12.5 Å². The van der Waals surface area contributed by atoms with Crippen LogP contribution >= 0.6 is 0 Å². The zero-order chi connectivity index (χ0) is 21.2. The number of nitrogens with two attached hydrogens (primary N) is 2. The Bertz CT molecular complexity index is 1020. The molecule has 3 rings (SSSR count). The van der Waals surface area contributed by atoms with Crippen LogP contribution in [0.3, 0.4) is 0 Å². The lowest BCUT2D eigenvalue weighted by Gasteiger charge is -2.13. The quantitative estimate of drug-likeness (QED) is 0.286. The molecule has 0 saturated heterocycles. The van der Waals surface area contributed by atoms with Crippen LogP contribution in [0.25, 0.3) is 11.3 Å². The molecule has 7 nitrogen and oxygen atoms in total. The Morgan fingerprint density at radius 1 is 1.24 bits per heavy atom. The molecule has 2 aromatic heterocycles. The van der Waals surface area contributed by atoms with Gasteiger partial charge in [-0.25, -0.2) is 9.67 Å². The zero-order valence-corrected chi connectivity index (χ0v) is 16.5. The molecule has 1 atom stereocenters. The number of alkyl halides is 2. The van der Waals surface area contributed by atoms with Gasteiger partial charge in [0.1, 0.15) is 5.82 Å². The first kappa shape index (κ1) is 20.4. The number of amidine groups is 1. The first-order chi connectivity index (χ1) is 13.8. The predicted molar refractivity (Wildman–Crippen MR) is 107 cm³/mol. The number of hydrogen-bond donors (Lipinski definition) is 2. The predicted octanol–water partition coefficient (Wildman–Crippen LogP) is 3.20. The summed E-state index contributed by atoms with van der Waals surface area (Å²) in [4.78, 5) is 8.61. The standard InChI is InChI=1S/C20H23F2N7/c1-4-29-18(26-19(28-29)20(3,21)22)12(2)13-9-10-16(25-11-13)14-7-5-6-8-15(14)17(23)27-24/h5-12H,4,24H2,1-3H3,(H2,23,27). The van der Waals surface area contributed by atoms with E-state index in [-0.39, 0.29) is 11.8 Å². The SMILES string of the molecule is CCn1nc(C(C)(F)F)nc1C(C)c1ccc(-c2ccccc2/C(N)=N/N)nc1. The summed E-state index contributed by atoms with van der Waals surface area (Å²) in [5.41, 5.74) is 8.88. The molecule has 0 fully saturated rings. The summed E-state index contributed by atoms with van der Waals surface area (Å²) < 4.78 is 28.8. The number of nitrogens with zero attached hydrogens (tertiary/aromatic N) is 5. The number of aromatic nitrogens is 4. The second-order valence-electron chi connectivity index (χ2n) is 6.76. The van der Waals surface area contributed by atoms with E-state index in [2.05, 4.69) is 20.2 Å². The van der Waals surface area contributed by atoms with Crippen molar-refractivity contribution in [2.24, 2.45) is 16.7 Å². The third-order valence-corrected chi connectivity index (χ3v) is 4.68. The molecule has 0 aliphatic rings. The summed E-state index contributed by atoms with van der Waals surface area (Å²) >= 11 is 0. The smallest absolute Gasteiger partial charge is 0.305 e. The number of hydrazone groups is 1. The molecule has 29 heavy (non-hydrogen) atoms. The fourth-order valence-electron chi connectivity index (χ4n) is 3.06. The van der Waals surface area contributed by atoms with Crippen molar-refractivity contribution in [3.63, 3.8) is 0 Å². The highest BCUT2D eigenvalue weighted by Crippen LogP contribution is 2.29. The van der Waals surface area contributed by atoms with E-state index in [0.29, 0.717) is 23.6 Å². The minimum absolute atomic E-state index is 0.212. The molecule has 9 heteroatoms. The molecular weight excluding hydrogens is 376 g/mol. The van der Waals surface area contributed by atoms with Gasteiger partial charge in [-0.2, -0.15) is 13.9 Å². The molecule has 1 unspecified atom stereocenters. The van der Waals surface area contributed by atoms with Crippen LogP contribution < -0.4 is 11.6 Å². The van der Waals surface area contributed by atoms with Gasteiger partial charge in [0, 0.05) is 36.7 Å². The largest absolute Gasteiger partial charge is 0.382 e. The fraction of sp³-hybridized carbons (Fsp3) is 0.300. The Hall–Kier alpha value is -3.36. The van der Waals surface area contributed by atoms with E-state index in [1.807, 2.05) is 50.2 Å². The topological polar surface area (TPSA) is 108 Å². The Morgan fingerprint density at radius 2 is 1.97 bits per heavy atom. The summed E-state index contributed by atoms with van der Waals surface area (Å²) in [6.07, 6.45) is 1.70. The average molecular weight is 399 g/mol. The molecule has 0 aliphatic carbocycles. The van der Waals surface area contributed by atoms with Gasteiger partial charge in [-0.15, -0.1) is 5.10 Å². The lowest BCUT2D eigenvalue weighted by molar-refractivity contribution is 0.00754. The maximum absolute atomic E-state index is 13.6. The van der Waals surface area contributed by atoms with Crippen molar-refractivity contribution in [2.45, 2.75) is 39.2 Å². The fourth-order valence-corrected chi connectivity index (χ4v) is 3.06. The molecule has 0 bridgehead atoms. The van der Waals surface area contributed by atoms with Crippen LogP contribution in [0.15, 0.2) is 47.7 Å². The molecule has 0 aliphatic heterocycles. The van der Waals surface area contributed by atoms with Gasteiger partial charge >= 0.3 is 5.92 Å². The van der Waals surface area contributed by atoms with Gasteiger partial charge in [0.25, 0.3) is 0 Å². The summed E-state index contributed by atoms with van der Waals surface area (Å²) in [5.74, 6) is 2.17. The highest BCUT2D eigenvalue weighted by atomic mass is 19.3. The van der Waals surface area contributed by atoms with Gasteiger partial charge < -0.3 is 11.6 Å². The number of hydrogen-bond acceptors (Lipinski definition) is 5. The summed E-state index contributed by atoms with van der Waals surface area (Å²) in [5, 5.41) is 7.51. The van der Waals surface area contributed by atoms with Crippen molar-refractivity contribution in [3.05, 3.63) is 65.4 Å². The monoisotopic (exact) mass is 399 g/mol. The number of rotatable bonds is 6. The zero-order valence-electron chi connectivity index (χ0n) is 16.5. The number of pyridine rings is 1. The van der Waals surface area contributed by atoms with Crippen LogP contribution in [0.5, 0.6) is 0 Å². The second kappa shape index (κ2) is 7.94. The van der Waals surface area contributed by atoms with Crippen LogP contribution in [0.2, 0.25) is 0 Å². The Balaban J connectivity index is 1.95. The van der Waals surface area contributed by atoms with E-state index in [1.54, 1.807) is 6.20 Å². The van der Waals surface area contributed by atoms with Crippen LogP contribution in [0.1, 0.15) is 49.5 Å². The van der Waals surface area contributed by atoms with Crippen LogP contribution in [-0.4, -0.2) is 25.6 Å². The lowest BCUT2D eigenvalue weighted by atomic mass is 9.99. The minimum atomic E-state index is -3.09. The highest BCUT2D eigenvalue weighted by molar-refractivity contribution is 6.02. The number of halogens is 2. The molecule has 0 saturated carbocycles. The van der Waals surface area contributed by atoms with E-state index in [9.17, 15) is 8.78 Å². The third kappa shape index (κ3) is 4.08. The van der Waals surface area contributed by atoms with E-state index in [4.69, 9.17) is 11.6 Å². The van der Waals surface area contributed by atoms with Crippen molar-refractivity contribution < 1.29 is 8.78 Å². The lowest BCUT2D eigenvalue weighted by Crippen LogP contribution is -2.16. The average Bonchev–Trinajstić information content (AvgIpc) is 3.18. The van der Waals surface area contributed by atoms with Gasteiger partial charge in [0.2, 0.25) is 5.82 Å². The van der Waals surface area contributed by atoms with Crippen molar-refractivity contribution in [1.82, 2.24) is 19.7 Å². The Morgan fingerprint density at radius 3 is 2.55 bits per heavy atom. The number of benzene rings is 1. The highest BCUT2D eigenvalue weighted by Gasteiger charge is 2.32. The first-order valence-electron chi connectivity index (χ1n) is 9.18. The first-order valence-corrected chi connectivity index (χ1v) is 9.18. The maximum atomic E-state index is 13.6. The molecule has 0 amide bonds. The molecule has 152 valence electrons. The van der Waals surface area contributed by atoms with E-state index in [0.717, 1.165) is 18.1 Å². The van der Waals surface area contributed by atoms with Crippen LogP contribution in [0.4, 0.5) is 8.78 Å². The van der Waals surface area contributed by atoms with Gasteiger partial charge in [-0.05, 0) is 18.6 Å². The Labute approximate surface area is 167 Å². The normalized spacial score (nSPS) is 13.5. The molecule has 4 N–H and O–H groups in total. The molecule has 0 spiro atoms. The van der Waals surface area contributed by atoms with Crippen molar-refractivity contribution >= 4 is 5.84 Å². The van der Waals surface area contributed by atoms with Gasteiger partial charge in [-0.3, -0.25) is 4.98 Å². The van der Waals surface area contributed by atoms with Crippen LogP contribution in [0, 0.1) is 0 Å². The minimum Gasteiger partial charge on any atom is -0.382 e. The van der Waals surface area contributed by atoms with Gasteiger partial charge in [0.05, 0.1) is 5.69 Å². The molecular formula is C20H23F2N7. The summed E-state index contributed by atoms with van der Waals surface area (Å²) in [6.45, 7) is 4.96. The third-order valence-electron chi connectivity index (χ3n) is 4.68. The summed E-state index contributed by atoms with van der Waals surface area (Å²) in [6, 6.07) is 11.1. The molecule has 1 aromatic carbocycles. The number of aryl methyl sites for hydroxylation is 1. The van der Waals surface area contributed by atoms with E-state index >= 15 is 0 Å².